The first-order valence-electron chi connectivity index (χ1n) is 11.8. The fourth-order valence-corrected chi connectivity index (χ4v) is 4.07. The van der Waals surface area contributed by atoms with Gasteiger partial charge in [0, 0.05) is 41.3 Å². The van der Waals surface area contributed by atoms with Gasteiger partial charge in [0.2, 0.25) is 0 Å². The number of hydrogen-bond donors (Lipinski definition) is 4. The first-order chi connectivity index (χ1) is 18.5. The summed E-state index contributed by atoms with van der Waals surface area (Å²) in [5, 5.41) is 22.4. The van der Waals surface area contributed by atoms with Crippen molar-refractivity contribution < 1.29 is 24.2 Å². The molecule has 1 aromatic heterocycles. The van der Waals surface area contributed by atoms with Crippen LogP contribution in [0.2, 0.25) is 0 Å². The number of carbonyl (C=O) groups is 2. The Kier molecular flexibility index (Phi) is 13.9. The lowest BCUT2D eigenvalue weighted by atomic mass is 10.1. The van der Waals surface area contributed by atoms with Gasteiger partial charge in [-0.25, -0.2) is 0 Å². The molecule has 9 nitrogen and oxygen atoms in total. The number of aliphatic hydroxyl groups excluding tert-OH is 1. The second-order valence-corrected chi connectivity index (χ2v) is 8.55. The SMILES string of the molecule is CNC(=O)c1ccccc1Sc1ccc(C(=N)/C=C/c2ccccn2)c(NC)c1.O=COCCOCCO. The molecule has 0 aliphatic carbocycles. The summed E-state index contributed by atoms with van der Waals surface area (Å²) < 4.78 is 9.04. The van der Waals surface area contributed by atoms with E-state index in [-0.39, 0.29) is 19.1 Å². The fraction of sp³-hybridized carbons (Fsp3) is 0.214. The molecule has 0 aliphatic heterocycles. The van der Waals surface area contributed by atoms with Gasteiger partial charge in [0.15, 0.2) is 0 Å². The molecule has 3 rings (SSSR count). The fourth-order valence-electron chi connectivity index (χ4n) is 3.09. The number of ether oxygens (including phenoxy) is 2. The number of nitrogens with zero attached hydrogens (tertiary/aromatic N) is 1. The molecular formula is C28H32N4O5S. The van der Waals surface area contributed by atoms with Crippen molar-refractivity contribution in [1.82, 2.24) is 10.3 Å². The summed E-state index contributed by atoms with van der Waals surface area (Å²) in [7, 11) is 3.46. The molecule has 200 valence electrons. The maximum Gasteiger partial charge on any atom is 0.293 e. The summed E-state index contributed by atoms with van der Waals surface area (Å²) >= 11 is 1.52. The summed E-state index contributed by atoms with van der Waals surface area (Å²) in [5.41, 5.74) is 3.48. The third-order valence-electron chi connectivity index (χ3n) is 4.89. The van der Waals surface area contributed by atoms with Gasteiger partial charge in [-0.1, -0.05) is 30.0 Å². The Hall–Kier alpha value is -3.99. The monoisotopic (exact) mass is 536 g/mol. The van der Waals surface area contributed by atoms with Gasteiger partial charge in [-0.3, -0.25) is 14.6 Å². The Bertz CT molecular complexity index is 1200. The van der Waals surface area contributed by atoms with E-state index >= 15 is 0 Å². The number of benzene rings is 2. The first-order valence-corrected chi connectivity index (χ1v) is 12.6. The molecule has 0 unspecified atom stereocenters. The predicted octanol–water partition coefficient (Wildman–Crippen LogP) is 3.88. The average Bonchev–Trinajstić information content (AvgIpc) is 2.96. The summed E-state index contributed by atoms with van der Waals surface area (Å²) in [6.45, 7) is 1.26. The van der Waals surface area contributed by atoms with Crippen molar-refractivity contribution in [3.8, 4) is 0 Å². The van der Waals surface area contributed by atoms with E-state index < -0.39 is 0 Å². The van der Waals surface area contributed by atoms with Crippen LogP contribution in [0.1, 0.15) is 21.6 Å². The summed E-state index contributed by atoms with van der Waals surface area (Å²) in [4.78, 5) is 27.7. The zero-order valence-corrected chi connectivity index (χ0v) is 22.2. The van der Waals surface area contributed by atoms with E-state index in [0.717, 1.165) is 26.7 Å². The molecule has 0 saturated heterocycles. The van der Waals surface area contributed by atoms with Gasteiger partial charge in [0.25, 0.3) is 12.4 Å². The Labute approximate surface area is 226 Å². The van der Waals surface area contributed by atoms with Gasteiger partial charge in [-0.2, -0.15) is 0 Å². The number of carbonyl (C=O) groups excluding carboxylic acids is 2. The molecule has 0 bridgehead atoms. The molecule has 0 radical (unpaired) electrons. The highest BCUT2D eigenvalue weighted by Gasteiger charge is 2.12. The van der Waals surface area contributed by atoms with Crippen LogP contribution >= 0.6 is 11.8 Å². The number of anilines is 1. The number of aromatic nitrogens is 1. The third kappa shape index (κ3) is 10.2. The van der Waals surface area contributed by atoms with E-state index in [1.165, 1.54) is 11.8 Å². The van der Waals surface area contributed by atoms with Gasteiger partial charge in [-0.15, -0.1) is 0 Å². The molecular weight excluding hydrogens is 504 g/mol. The van der Waals surface area contributed by atoms with Crippen molar-refractivity contribution in [1.29, 1.82) is 5.41 Å². The largest absolute Gasteiger partial charge is 0.465 e. The summed E-state index contributed by atoms with van der Waals surface area (Å²) in [5.74, 6) is -0.111. The summed E-state index contributed by atoms with van der Waals surface area (Å²) in [6, 6.07) is 19.1. The van der Waals surface area contributed by atoms with Gasteiger partial charge in [0.05, 0.1) is 36.8 Å². The van der Waals surface area contributed by atoms with Crippen molar-refractivity contribution in [2.24, 2.45) is 0 Å². The standard InChI is InChI=1S/C23H22N4OS.C5H10O4/c1-25-21-15-17(29-22-9-4-3-8-19(22)23(28)26-2)11-12-18(21)20(24)13-10-16-7-5-6-14-27-16;6-1-2-8-3-4-9-5-7/h3-15,24-25H,1-2H3,(H,26,28);5-6H,1-4H2/b13-10+,24-20?;. The minimum absolute atomic E-state index is 0.00108. The molecule has 0 saturated carbocycles. The van der Waals surface area contributed by atoms with Crippen molar-refractivity contribution in [2.75, 3.05) is 45.8 Å². The molecule has 0 aliphatic rings. The lowest BCUT2D eigenvalue weighted by Gasteiger charge is -2.12. The second-order valence-electron chi connectivity index (χ2n) is 7.44. The Balaban J connectivity index is 0.000000484. The molecule has 1 amide bonds. The van der Waals surface area contributed by atoms with E-state index in [2.05, 4.69) is 20.4 Å². The van der Waals surface area contributed by atoms with Crippen molar-refractivity contribution in [2.45, 2.75) is 9.79 Å². The number of nitrogens with one attached hydrogen (secondary N) is 3. The topological polar surface area (TPSA) is 134 Å². The molecule has 0 atom stereocenters. The van der Waals surface area contributed by atoms with Crippen LogP contribution in [0.4, 0.5) is 5.69 Å². The molecule has 2 aromatic carbocycles. The van der Waals surface area contributed by atoms with Crippen molar-refractivity contribution in [3.63, 3.8) is 0 Å². The normalized spacial score (nSPS) is 10.3. The smallest absolute Gasteiger partial charge is 0.293 e. The molecule has 10 heteroatoms. The average molecular weight is 537 g/mol. The molecule has 38 heavy (non-hydrogen) atoms. The lowest BCUT2D eigenvalue weighted by molar-refractivity contribution is -0.130. The Morgan fingerprint density at radius 1 is 1.05 bits per heavy atom. The number of hydrogen-bond acceptors (Lipinski definition) is 9. The van der Waals surface area contributed by atoms with Gasteiger partial charge < -0.3 is 30.6 Å². The minimum Gasteiger partial charge on any atom is -0.465 e. The molecule has 0 fully saturated rings. The van der Waals surface area contributed by atoms with Crippen LogP contribution in [-0.2, 0) is 14.3 Å². The number of amides is 1. The number of aliphatic hydroxyl groups is 1. The maximum absolute atomic E-state index is 12.1. The number of rotatable bonds is 13. The van der Waals surface area contributed by atoms with Crippen LogP contribution < -0.4 is 10.6 Å². The predicted molar refractivity (Wildman–Crippen MR) is 150 cm³/mol. The summed E-state index contributed by atoms with van der Waals surface area (Å²) in [6.07, 6.45) is 5.29. The Morgan fingerprint density at radius 3 is 2.53 bits per heavy atom. The highest BCUT2D eigenvalue weighted by atomic mass is 32.2. The quantitative estimate of drug-likeness (QED) is 0.147. The molecule has 3 aromatic rings. The minimum atomic E-state index is -0.111. The van der Waals surface area contributed by atoms with Gasteiger partial charge in [0.1, 0.15) is 6.61 Å². The van der Waals surface area contributed by atoms with Crippen LogP contribution in [0.5, 0.6) is 0 Å². The molecule has 0 spiro atoms. The van der Waals surface area contributed by atoms with E-state index in [1.807, 2.05) is 73.8 Å². The highest BCUT2D eigenvalue weighted by molar-refractivity contribution is 7.99. The van der Waals surface area contributed by atoms with E-state index in [9.17, 15) is 9.59 Å². The number of allylic oxidation sites excluding steroid dienone is 1. The van der Waals surface area contributed by atoms with Crippen molar-refractivity contribution >= 4 is 41.6 Å². The second kappa shape index (κ2) is 17.5. The van der Waals surface area contributed by atoms with Crippen LogP contribution in [0.3, 0.4) is 0 Å². The third-order valence-corrected chi connectivity index (χ3v) is 5.96. The molecule has 1 heterocycles. The van der Waals surface area contributed by atoms with Crippen molar-refractivity contribution in [3.05, 3.63) is 89.8 Å². The highest BCUT2D eigenvalue weighted by Crippen LogP contribution is 2.33. The zero-order chi connectivity index (χ0) is 27.6. The van der Waals surface area contributed by atoms with E-state index in [0.29, 0.717) is 31.0 Å². The van der Waals surface area contributed by atoms with Crippen LogP contribution in [0, 0.1) is 5.41 Å². The lowest BCUT2D eigenvalue weighted by Crippen LogP contribution is -2.18. The molecule has 4 N–H and O–H groups in total. The zero-order valence-electron chi connectivity index (χ0n) is 21.3. The number of pyridine rings is 1. The first kappa shape index (κ1) is 30.2. The van der Waals surface area contributed by atoms with Gasteiger partial charge >= 0.3 is 0 Å². The van der Waals surface area contributed by atoms with Crippen LogP contribution in [0.15, 0.2) is 82.7 Å². The Morgan fingerprint density at radius 2 is 1.84 bits per heavy atom. The van der Waals surface area contributed by atoms with E-state index in [1.54, 1.807) is 19.3 Å². The van der Waals surface area contributed by atoms with Gasteiger partial charge in [-0.05, 0) is 54.6 Å². The van der Waals surface area contributed by atoms with Crippen LogP contribution in [0.25, 0.3) is 6.08 Å². The van der Waals surface area contributed by atoms with Crippen LogP contribution in [-0.4, -0.2) is 68.7 Å². The maximum atomic E-state index is 12.1. The van der Waals surface area contributed by atoms with E-state index in [4.69, 9.17) is 15.3 Å².